The number of aromatic nitrogens is 1. The molecule has 0 aliphatic carbocycles. The van der Waals surface area contributed by atoms with Crippen molar-refractivity contribution in [1.29, 1.82) is 0 Å². The van der Waals surface area contributed by atoms with Crippen molar-refractivity contribution in [3.63, 3.8) is 0 Å². The highest BCUT2D eigenvalue weighted by molar-refractivity contribution is 7.90. The van der Waals surface area contributed by atoms with Gasteiger partial charge in [0.05, 0.1) is 5.75 Å². The Kier molecular flexibility index (Phi) is 5.02. The molecule has 126 valence electrons. The Morgan fingerprint density at radius 1 is 1.04 bits per heavy atom. The molecular weight excluding hydrogens is 320 g/mol. The molecular formula is C19H22N2O2S. The monoisotopic (exact) mass is 342 g/mol. The van der Waals surface area contributed by atoms with E-state index in [4.69, 9.17) is 0 Å². The molecule has 1 atom stereocenters. The number of hydrogen-bond acceptors (Lipinski definition) is 3. The molecule has 0 spiro atoms. The van der Waals surface area contributed by atoms with Gasteiger partial charge in [-0.2, -0.15) is 0 Å². The van der Waals surface area contributed by atoms with Crippen LogP contribution in [0.1, 0.15) is 17.2 Å². The highest BCUT2D eigenvalue weighted by atomic mass is 32.2. The van der Waals surface area contributed by atoms with E-state index in [1.54, 1.807) is 0 Å². The summed E-state index contributed by atoms with van der Waals surface area (Å²) < 4.78 is 23.5. The highest BCUT2D eigenvalue weighted by Gasteiger charge is 2.16. The molecule has 0 saturated carbocycles. The Bertz CT molecular complexity index is 901. The number of sulfone groups is 1. The Morgan fingerprint density at radius 2 is 1.75 bits per heavy atom. The smallest absolute Gasteiger partial charge is 0.149 e. The maximum absolute atomic E-state index is 11.7. The van der Waals surface area contributed by atoms with E-state index in [-0.39, 0.29) is 11.8 Å². The predicted octanol–water partition coefficient (Wildman–Crippen LogP) is 3.09. The normalized spacial score (nSPS) is 13.2. The Morgan fingerprint density at radius 3 is 2.50 bits per heavy atom. The molecule has 1 aromatic heterocycles. The van der Waals surface area contributed by atoms with E-state index >= 15 is 0 Å². The average molecular weight is 342 g/mol. The first-order chi connectivity index (χ1) is 11.5. The van der Waals surface area contributed by atoms with Gasteiger partial charge in [0.1, 0.15) is 9.84 Å². The van der Waals surface area contributed by atoms with Crippen LogP contribution in [0.2, 0.25) is 0 Å². The number of nitrogens with one attached hydrogen (secondary N) is 2. The molecule has 4 nitrogen and oxygen atoms in total. The van der Waals surface area contributed by atoms with E-state index in [1.165, 1.54) is 17.2 Å². The van der Waals surface area contributed by atoms with Gasteiger partial charge in [0.2, 0.25) is 0 Å². The number of H-pyrrole nitrogens is 1. The zero-order chi connectivity index (χ0) is 17.0. The van der Waals surface area contributed by atoms with Crippen molar-refractivity contribution in [2.45, 2.75) is 12.5 Å². The summed E-state index contributed by atoms with van der Waals surface area (Å²) in [6.07, 6.45) is 4.15. The lowest BCUT2D eigenvalue weighted by Gasteiger charge is -2.18. The van der Waals surface area contributed by atoms with Crippen LogP contribution in [0.5, 0.6) is 0 Å². The average Bonchev–Trinajstić information content (AvgIpc) is 2.97. The summed E-state index contributed by atoms with van der Waals surface area (Å²) in [5, 5.41) is 4.62. The van der Waals surface area contributed by atoms with Gasteiger partial charge in [0.25, 0.3) is 0 Å². The fraction of sp³-hybridized carbons (Fsp3) is 0.263. The minimum absolute atomic E-state index is 0.102. The molecule has 0 radical (unpaired) electrons. The van der Waals surface area contributed by atoms with Crippen LogP contribution >= 0.6 is 0 Å². The third-order valence-corrected chi connectivity index (χ3v) is 5.07. The van der Waals surface area contributed by atoms with E-state index in [0.717, 1.165) is 24.0 Å². The van der Waals surface area contributed by atoms with Gasteiger partial charge in [-0.1, -0.05) is 48.5 Å². The second kappa shape index (κ2) is 7.20. The summed E-state index contributed by atoms with van der Waals surface area (Å²) in [6.45, 7) is 0.719. The first-order valence-corrected chi connectivity index (χ1v) is 10.1. The van der Waals surface area contributed by atoms with Gasteiger partial charge in [-0.05, 0) is 30.2 Å². The van der Waals surface area contributed by atoms with Crippen LogP contribution < -0.4 is 5.32 Å². The van der Waals surface area contributed by atoms with Crippen LogP contribution in [0.25, 0.3) is 10.9 Å². The van der Waals surface area contributed by atoms with Gasteiger partial charge in [-0.3, -0.25) is 0 Å². The van der Waals surface area contributed by atoms with Crippen molar-refractivity contribution >= 4 is 20.7 Å². The van der Waals surface area contributed by atoms with Gasteiger partial charge in [0.15, 0.2) is 0 Å². The van der Waals surface area contributed by atoms with Crippen LogP contribution in [-0.4, -0.2) is 32.0 Å². The molecule has 24 heavy (non-hydrogen) atoms. The zero-order valence-electron chi connectivity index (χ0n) is 13.7. The Labute approximate surface area is 142 Å². The van der Waals surface area contributed by atoms with Crippen LogP contribution in [0.4, 0.5) is 0 Å². The number of hydrogen-bond donors (Lipinski definition) is 2. The molecule has 0 fully saturated rings. The molecule has 5 heteroatoms. The first kappa shape index (κ1) is 16.7. The van der Waals surface area contributed by atoms with Crippen molar-refractivity contribution in [1.82, 2.24) is 10.3 Å². The second-order valence-corrected chi connectivity index (χ2v) is 8.30. The highest BCUT2D eigenvalue weighted by Crippen LogP contribution is 2.19. The standard InChI is InChI=1S/C19H22N2O2S/c1-24(22,23)14-19(15-7-3-2-4-8-15)20-12-11-16-13-21-18-10-6-5-9-17(16)18/h2-10,13,19-21H,11-12,14H2,1H3/t19-/m1/s1. The summed E-state index contributed by atoms with van der Waals surface area (Å²) in [5.41, 5.74) is 3.37. The summed E-state index contributed by atoms with van der Waals surface area (Å²) in [4.78, 5) is 3.27. The quantitative estimate of drug-likeness (QED) is 0.693. The summed E-state index contributed by atoms with van der Waals surface area (Å²) in [6, 6.07) is 17.8. The molecule has 0 unspecified atom stereocenters. The lowest BCUT2D eigenvalue weighted by Crippen LogP contribution is -2.29. The van der Waals surface area contributed by atoms with Crippen LogP contribution in [0.15, 0.2) is 60.8 Å². The van der Waals surface area contributed by atoms with Crippen LogP contribution in [0.3, 0.4) is 0 Å². The molecule has 3 rings (SSSR count). The van der Waals surface area contributed by atoms with Crippen molar-refractivity contribution in [2.24, 2.45) is 0 Å². The van der Waals surface area contributed by atoms with Gasteiger partial charge in [-0.15, -0.1) is 0 Å². The van der Waals surface area contributed by atoms with E-state index < -0.39 is 9.84 Å². The first-order valence-electron chi connectivity index (χ1n) is 8.04. The summed E-state index contributed by atoms with van der Waals surface area (Å²) in [7, 11) is -3.06. The number of benzene rings is 2. The van der Waals surface area contributed by atoms with E-state index in [0.29, 0.717) is 0 Å². The molecule has 1 heterocycles. The minimum atomic E-state index is -3.06. The summed E-state index contributed by atoms with van der Waals surface area (Å²) >= 11 is 0. The second-order valence-electron chi connectivity index (χ2n) is 6.12. The van der Waals surface area contributed by atoms with Crippen molar-refractivity contribution in [2.75, 3.05) is 18.6 Å². The molecule has 0 aliphatic rings. The van der Waals surface area contributed by atoms with E-state index in [9.17, 15) is 8.42 Å². The van der Waals surface area contributed by atoms with Crippen molar-refractivity contribution in [3.05, 3.63) is 71.9 Å². The third-order valence-electron chi connectivity index (χ3n) is 4.13. The van der Waals surface area contributed by atoms with Gasteiger partial charge in [-0.25, -0.2) is 8.42 Å². The number of para-hydroxylation sites is 1. The van der Waals surface area contributed by atoms with E-state index in [2.05, 4.69) is 22.4 Å². The lowest BCUT2D eigenvalue weighted by molar-refractivity contribution is 0.553. The van der Waals surface area contributed by atoms with Crippen LogP contribution in [-0.2, 0) is 16.3 Å². The zero-order valence-corrected chi connectivity index (χ0v) is 14.5. The fourth-order valence-electron chi connectivity index (χ4n) is 2.98. The fourth-order valence-corrected chi connectivity index (χ4v) is 3.90. The Hall–Kier alpha value is -2.11. The largest absolute Gasteiger partial charge is 0.361 e. The third kappa shape index (κ3) is 4.24. The number of fused-ring (bicyclic) bond motifs is 1. The Balaban J connectivity index is 1.69. The van der Waals surface area contributed by atoms with E-state index in [1.807, 2.05) is 48.7 Å². The van der Waals surface area contributed by atoms with Crippen molar-refractivity contribution < 1.29 is 8.42 Å². The predicted molar refractivity (Wildman–Crippen MR) is 98.9 cm³/mol. The maximum Gasteiger partial charge on any atom is 0.149 e. The molecule has 0 bridgehead atoms. The minimum Gasteiger partial charge on any atom is -0.361 e. The van der Waals surface area contributed by atoms with Gasteiger partial charge < -0.3 is 10.3 Å². The van der Waals surface area contributed by atoms with Gasteiger partial charge >= 0.3 is 0 Å². The molecule has 3 aromatic rings. The molecule has 0 saturated heterocycles. The van der Waals surface area contributed by atoms with Crippen molar-refractivity contribution in [3.8, 4) is 0 Å². The van der Waals surface area contributed by atoms with Crippen LogP contribution in [0, 0.1) is 0 Å². The topological polar surface area (TPSA) is 62.0 Å². The molecule has 2 aromatic carbocycles. The molecule has 2 N–H and O–H groups in total. The maximum atomic E-state index is 11.7. The van der Waals surface area contributed by atoms with Gasteiger partial charge in [0, 0.05) is 29.4 Å². The summed E-state index contributed by atoms with van der Waals surface area (Å²) in [5.74, 6) is 0.102. The molecule has 0 aliphatic heterocycles. The SMILES string of the molecule is CS(=O)(=O)C[C@@H](NCCc1c[nH]c2ccccc12)c1ccccc1. The number of rotatable bonds is 7. The lowest BCUT2D eigenvalue weighted by atomic mass is 10.1. The molecule has 0 amide bonds. The number of aromatic amines is 1.